The van der Waals surface area contributed by atoms with E-state index in [2.05, 4.69) is 10.3 Å². The van der Waals surface area contributed by atoms with Gasteiger partial charge in [-0.1, -0.05) is 18.2 Å². The topological polar surface area (TPSA) is 65.5 Å². The van der Waals surface area contributed by atoms with Gasteiger partial charge in [-0.15, -0.1) is 0 Å². The van der Waals surface area contributed by atoms with E-state index in [0.29, 0.717) is 12.2 Å². The highest BCUT2D eigenvalue weighted by molar-refractivity contribution is 6.01. The highest BCUT2D eigenvalue weighted by atomic mass is 16.2. The van der Waals surface area contributed by atoms with Crippen molar-refractivity contribution in [3.05, 3.63) is 60.8 Å². The van der Waals surface area contributed by atoms with E-state index in [1.54, 1.807) is 11.1 Å². The van der Waals surface area contributed by atoms with Gasteiger partial charge >= 0.3 is 0 Å². The lowest BCUT2D eigenvalue weighted by Crippen LogP contribution is -2.32. The molecule has 0 fully saturated rings. The summed E-state index contributed by atoms with van der Waals surface area (Å²) >= 11 is 0. The Hall–Kier alpha value is -3.41. The fourth-order valence-electron chi connectivity index (χ4n) is 3.03. The van der Waals surface area contributed by atoms with Crippen molar-refractivity contribution in [3.8, 4) is 0 Å². The lowest BCUT2D eigenvalue weighted by atomic mass is 10.2. The molecule has 2 amide bonds. The molecule has 2 aromatic carbocycles. The van der Waals surface area contributed by atoms with Crippen LogP contribution in [0.1, 0.15) is 13.3 Å². The number of nitrogens with zero attached hydrogens (tertiary/aromatic N) is 3. The third-order valence-electron chi connectivity index (χ3n) is 4.53. The maximum atomic E-state index is 12.5. The normalized spacial score (nSPS) is 10.5. The monoisotopic (exact) mass is 376 g/mol. The molecule has 3 aromatic rings. The molecule has 0 aliphatic carbocycles. The molecule has 1 N–H and O–H groups in total. The predicted molar refractivity (Wildman–Crippen MR) is 114 cm³/mol. The summed E-state index contributed by atoms with van der Waals surface area (Å²) in [6, 6.07) is 17.2. The zero-order valence-corrected chi connectivity index (χ0v) is 16.3. The Kier molecular flexibility index (Phi) is 5.89. The number of amides is 2. The molecule has 0 aliphatic heterocycles. The highest BCUT2D eigenvalue weighted by Crippen LogP contribution is 2.22. The first-order valence-electron chi connectivity index (χ1n) is 9.15. The van der Waals surface area contributed by atoms with Crippen LogP contribution in [0, 0.1) is 0 Å². The molecule has 0 radical (unpaired) electrons. The molecule has 0 saturated carbocycles. The van der Waals surface area contributed by atoms with Crippen LogP contribution >= 0.6 is 0 Å². The summed E-state index contributed by atoms with van der Waals surface area (Å²) in [7, 11) is 3.93. The molecule has 0 unspecified atom stereocenters. The maximum absolute atomic E-state index is 12.5. The number of nitrogens with one attached hydrogen (secondary N) is 1. The van der Waals surface area contributed by atoms with Crippen LogP contribution in [0.25, 0.3) is 10.9 Å². The third-order valence-corrected chi connectivity index (χ3v) is 4.53. The van der Waals surface area contributed by atoms with Gasteiger partial charge in [-0.2, -0.15) is 0 Å². The lowest BCUT2D eigenvalue weighted by Gasteiger charge is -2.22. The third kappa shape index (κ3) is 4.46. The molecular weight excluding hydrogens is 352 g/mol. The van der Waals surface area contributed by atoms with Gasteiger partial charge in [-0.05, 0) is 36.4 Å². The number of benzene rings is 2. The van der Waals surface area contributed by atoms with Gasteiger partial charge in [0.2, 0.25) is 11.8 Å². The summed E-state index contributed by atoms with van der Waals surface area (Å²) in [5.74, 6) is -0.258. The van der Waals surface area contributed by atoms with Crippen molar-refractivity contribution in [2.75, 3.05) is 35.8 Å². The second kappa shape index (κ2) is 8.52. The minimum atomic E-state index is -0.158. The number of hydrogen-bond acceptors (Lipinski definition) is 4. The minimum absolute atomic E-state index is 0.0998. The van der Waals surface area contributed by atoms with Gasteiger partial charge in [0.05, 0.1) is 11.2 Å². The van der Waals surface area contributed by atoms with Crippen LogP contribution in [0.4, 0.5) is 17.1 Å². The summed E-state index contributed by atoms with van der Waals surface area (Å²) in [5, 5.41) is 3.87. The van der Waals surface area contributed by atoms with E-state index in [9.17, 15) is 9.59 Å². The van der Waals surface area contributed by atoms with Crippen molar-refractivity contribution < 1.29 is 9.59 Å². The first-order chi connectivity index (χ1) is 13.5. The quantitative estimate of drug-likeness (QED) is 0.713. The Balaban J connectivity index is 1.68. The fraction of sp³-hybridized carbons (Fsp3) is 0.227. The first-order valence-corrected chi connectivity index (χ1v) is 9.15. The van der Waals surface area contributed by atoms with E-state index < -0.39 is 0 Å². The van der Waals surface area contributed by atoms with E-state index in [1.165, 1.54) is 6.92 Å². The molecule has 144 valence electrons. The van der Waals surface area contributed by atoms with Crippen LogP contribution in [0.3, 0.4) is 0 Å². The maximum Gasteiger partial charge on any atom is 0.226 e. The molecule has 1 heterocycles. The summed E-state index contributed by atoms with van der Waals surface area (Å²) in [6.07, 6.45) is 1.89. The second-order valence-corrected chi connectivity index (χ2v) is 6.76. The molecule has 28 heavy (non-hydrogen) atoms. The van der Waals surface area contributed by atoms with Crippen molar-refractivity contribution >= 4 is 39.8 Å². The number of fused-ring (bicyclic) bond motifs is 1. The first kappa shape index (κ1) is 19.4. The van der Waals surface area contributed by atoms with Crippen molar-refractivity contribution in [1.29, 1.82) is 0 Å². The lowest BCUT2D eigenvalue weighted by molar-refractivity contribution is -0.117. The molecule has 0 bridgehead atoms. The largest absolute Gasteiger partial charge is 0.378 e. The van der Waals surface area contributed by atoms with Gasteiger partial charge in [-0.25, -0.2) is 0 Å². The Morgan fingerprint density at radius 2 is 1.64 bits per heavy atom. The van der Waals surface area contributed by atoms with Gasteiger partial charge in [0.1, 0.15) is 0 Å². The summed E-state index contributed by atoms with van der Waals surface area (Å²) in [6.45, 7) is 1.81. The zero-order valence-electron chi connectivity index (χ0n) is 16.3. The number of pyridine rings is 1. The Morgan fingerprint density at radius 3 is 2.32 bits per heavy atom. The molecular formula is C22H24N4O2. The Bertz CT molecular complexity index is 978. The number of carbonyl (C=O) groups is 2. The van der Waals surface area contributed by atoms with Crippen LogP contribution < -0.4 is 15.1 Å². The van der Waals surface area contributed by atoms with Crippen molar-refractivity contribution in [2.45, 2.75) is 13.3 Å². The van der Waals surface area contributed by atoms with Gasteiger partial charge in [0, 0.05) is 56.9 Å². The van der Waals surface area contributed by atoms with Crippen molar-refractivity contribution in [3.63, 3.8) is 0 Å². The highest BCUT2D eigenvalue weighted by Gasteiger charge is 2.14. The van der Waals surface area contributed by atoms with E-state index in [4.69, 9.17) is 0 Å². The summed E-state index contributed by atoms with van der Waals surface area (Å²) < 4.78 is 0. The SMILES string of the molecule is CC(=O)N(CCC(=O)Nc1cccc2cccnc12)c1ccc(N(C)C)cc1. The van der Waals surface area contributed by atoms with Crippen LogP contribution in [0.5, 0.6) is 0 Å². The average Bonchev–Trinajstić information content (AvgIpc) is 2.68. The van der Waals surface area contributed by atoms with Crippen LogP contribution in [0.2, 0.25) is 0 Å². The van der Waals surface area contributed by atoms with Gasteiger partial charge < -0.3 is 15.1 Å². The molecule has 0 spiro atoms. The number of hydrogen-bond donors (Lipinski definition) is 1. The Morgan fingerprint density at radius 1 is 0.964 bits per heavy atom. The molecule has 0 saturated heterocycles. The van der Waals surface area contributed by atoms with Gasteiger partial charge in [0.25, 0.3) is 0 Å². The fourth-order valence-corrected chi connectivity index (χ4v) is 3.03. The van der Waals surface area contributed by atoms with Gasteiger partial charge in [-0.3, -0.25) is 14.6 Å². The molecule has 6 heteroatoms. The van der Waals surface area contributed by atoms with Crippen LogP contribution in [-0.4, -0.2) is 37.4 Å². The average molecular weight is 376 g/mol. The number of para-hydroxylation sites is 1. The molecule has 0 aliphatic rings. The van der Waals surface area contributed by atoms with Gasteiger partial charge in [0.15, 0.2) is 0 Å². The number of rotatable bonds is 6. The standard InChI is InChI=1S/C22H24N4O2/c1-16(27)26(19-11-9-18(10-12-19)25(2)3)15-13-21(28)24-20-8-4-6-17-7-5-14-23-22(17)20/h4-12,14H,13,15H2,1-3H3,(H,24,28). The summed E-state index contributed by atoms with van der Waals surface area (Å²) in [5.41, 5.74) is 3.25. The molecule has 1 aromatic heterocycles. The smallest absolute Gasteiger partial charge is 0.226 e. The second-order valence-electron chi connectivity index (χ2n) is 6.76. The van der Waals surface area contributed by atoms with E-state index in [0.717, 1.165) is 22.3 Å². The predicted octanol–water partition coefficient (Wildman–Crippen LogP) is 3.68. The molecule has 6 nitrogen and oxygen atoms in total. The van der Waals surface area contributed by atoms with E-state index in [1.807, 2.05) is 73.6 Å². The van der Waals surface area contributed by atoms with E-state index >= 15 is 0 Å². The van der Waals surface area contributed by atoms with Crippen molar-refractivity contribution in [2.24, 2.45) is 0 Å². The summed E-state index contributed by atoms with van der Waals surface area (Å²) in [4.78, 5) is 32.5. The zero-order chi connectivity index (χ0) is 20.1. The Labute approximate surface area is 164 Å². The van der Waals surface area contributed by atoms with Crippen LogP contribution in [0.15, 0.2) is 60.8 Å². The number of aromatic nitrogens is 1. The van der Waals surface area contributed by atoms with E-state index in [-0.39, 0.29) is 18.2 Å². The van der Waals surface area contributed by atoms with Crippen LogP contribution in [-0.2, 0) is 9.59 Å². The molecule has 3 rings (SSSR count). The number of carbonyl (C=O) groups excluding carboxylic acids is 2. The molecule has 0 atom stereocenters. The van der Waals surface area contributed by atoms with Crippen molar-refractivity contribution in [1.82, 2.24) is 4.98 Å². The minimum Gasteiger partial charge on any atom is -0.378 e. The number of anilines is 3.